The van der Waals surface area contributed by atoms with E-state index in [4.69, 9.17) is 5.73 Å². The molecule has 1 aliphatic rings. The Kier molecular flexibility index (Phi) is 4.04. The molecule has 0 bridgehead atoms. The van der Waals surface area contributed by atoms with Gasteiger partial charge in [-0.1, -0.05) is 6.92 Å². The van der Waals surface area contributed by atoms with E-state index in [1.807, 2.05) is 6.92 Å². The van der Waals surface area contributed by atoms with E-state index in [1.54, 1.807) is 4.90 Å². The van der Waals surface area contributed by atoms with Gasteiger partial charge in [-0.15, -0.1) is 0 Å². The second kappa shape index (κ2) is 5.58. The molecule has 3 N–H and O–H groups in total. The van der Waals surface area contributed by atoms with Crippen molar-refractivity contribution in [2.45, 2.75) is 25.9 Å². The highest BCUT2D eigenvalue weighted by atomic mass is 19.1. The molecule has 0 spiro atoms. The fourth-order valence-electron chi connectivity index (χ4n) is 2.67. The summed E-state index contributed by atoms with van der Waals surface area (Å²) >= 11 is 0. The van der Waals surface area contributed by atoms with E-state index in [-0.39, 0.29) is 18.0 Å². The second-order valence-electron chi connectivity index (χ2n) is 5.19. The van der Waals surface area contributed by atoms with Crippen LogP contribution in [0.1, 0.15) is 29.3 Å². The number of carboxylic acids is 1. The van der Waals surface area contributed by atoms with Crippen molar-refractivity contribution in [3.63, 3.8) is 0 Å². The minimum absolute atomic E-state index is 0.0230. The van der Waals surface area contributed by atoms with E-state index in [2.05, 4.69) is 0 Å². The molecule has 0 radical (unpaired) electrons. The van der Waals surface area contributed by atoms with E-state index in [1.165, 1.54) is 18.2 Å². The van der Waals surface area contributed by atoms with Gasteiger partial charge in [-0.3, -0.25) is 14.5 Å². The molecular formula is C14H17FN2O3. The minimum Gasteiger partial charge on any atom is -0.480 e. The summed E-state index contributed by atoms with van der Waals surface area (Å²) in [6, 6.07) is 3.28. The Morgan fingerprint density at radius 3 is 2.80 bits per heavy atom. The number of rotatable bonds is 4. The molecule has 1 heterocycles. The number of carboxylic acid groups (broad SMARTS) is 1. The van der Waals surface area contributed by atoms with Crippen LogP contribution in [0.25, 0.3) is 0 Å². The van der Waals surface area contributed by atoms with Crippen LogP contribution in [0, 0.1) is 11.7 Å². The number of hydrogen-bond acceptors (Lipinski definition) is 3. The molecule has 1 fully saturated rings. The summed E-state index contributed by atoms with van der Waals surface area (Å²) in [5.41, 5.74) is 5.69. The molecule has 0 aromatic heterocycles. The highest BCUT2D eigenvalue weighted by molar-refractivity contribution is 5.92. The lowest BCUT2D eigenvalue weighted by atomic mass is 10.0. The van der Waals surface area contributed by atoms with Crippen LogP contribution < -0.4 is 5.73 Å². The van der Waals surface area contributed by atoms with Crippen LogP contribution in [-0.4, -0.2) is 34.5 Å². The van der Waals surface area contributed by atoms with Gasteiger partial charge in [0.2, 0.25) is 5.91 Å². The molecule has 1 aromatic rings. The molecule has 6 heteroatoms. The summed E-state index contributed by atoms with van der Waals surface area (Å²) in [4.78, 5) is 24.1. The number of hydrogen-bond donors (Lipinski definition) is 2. The van der Waals surface area contributed by atoms with Crippen molar-refractivity contribution in [3.8, 4) is 0 Å². The molecule has 5 nitrogen and oxygen atoms in total. The number of carbonyl (C=O) groups is 2. The van der Waals surface area contributed by atoms with Crippen LogP contribution in [0.2, 0.25) is 0 Å². The van der Waals surface area contributed by atoms with Crippen molar-refractivity contribution < 1.29 is 19.1 Å². The summed E-state index contributed by atoms with van der Waals surface area (Å²) in [6.07, 6.45) is 0.758. The molecule has 2 atom stereocenters. The van der Waals surface area contributed by atoms with Gasteiger partial charge in [0, 0.05) is 17.7 Å². The summed E-state index contributed by atoms with van der Waals surface area (Å²) < 4.78 is 13.8. The summed E-state index contributed by atoms with van der Waals surface area (Å²) in [5, 5.41) is 9.23. The average Bonchev–Trinajstić information content (AvgIpc) is 2.73. The smallest absolute Gasteiger partial charge is 0.321 e. The van der Waals surface area contributed by atoms with Crippen molar-refractivity contribution in [3.05, 3.63) is 35.1 Å². The summed E-state index contributed by atoms with van der Waals surface area (Å²) in [5.74, 6) is -1.97. The number of amides is 1. The van der Waals surface area contributed by atoms with E-state index in [0.717, 1.165) is 6.42 Å². The molecule has 0 aliphatic carbocycles. The number of nitrogens with zero attached hydrogens (tertiary/aromatic N) is 1. The number of carbonyl (C=O) groups excluding carboxylic acids is 1. The van der Waals surface area contributed by atoms with Gasteiger partial charge in [0.15, 0.2) is 0 Å². The van der Waals surface area contributed by atoms with Gasteiger partial charge < -0.3 is 10.8 Å². The van der Waals surface area contributed by atoms with Crippen LogP contribution in [0.4, 0.5) is 4.39 Å². The number of likely N-dealkylation sites (tertiary alicyclic amines) is 1. The summed E-state index contributed by atoms with van der Waals surface area (Å²) in [7, 11) is 0. The van der Waals surface area contributed by atoms with Gasteiger partial charge in [-0.2, -0.15) is 0 Å². The van der Waals surface area contributed by atoms with Gasteiger partial charge in [-0.05, 0) is 37.1 Å². The molecule has 1 aromatic carbocycles. The first-order chi connectivity index (χ1) is 9.40. The van der Waals surface area contributed by atoms with Gasteiger partial charge in [-0.25, -0.2) is 4.39 Å². The van der Waals surface area contributed by atoms with Crippen LogP contribution in [0.5, 0.6) is 0 Å². The van der Waals surface area contributed by atoms with Crippen molar-refractivity contribution in [1.29, 1.82) is 0 Å². The van der Waals surface area contributed by atoms with Crippen molar-refractivity contribution in [2.24, 2.45) is 11.7 Å². The first-order valence-corrected chi connectivity index (χ1v) is 6.45. The lowest BCUT2D eigenvalue weighted by Gasteiger charge is -2.23. The first-order valence-electron chi connectivity index (χ1n) is 6.45. The Labute approximate surface area is 116 Å². The fraction of sp³-hybridized carbons (Fsp3) is 0.429. The lowest BCUT2D eigenvalue weighted by molar-refractivity contribution is -0.143. The van der Waals surface area contributed by atoms with Gasteiger partial charge in [0.25, 0.3) is 0 Å². The maximum Gasteiger partial charge on any atom is 0.321 e. The van der Waals surface area contributed by atoms with Crippen molar-refractivity contribution in [1.82, 2.24) is 4.90 Å². The molecule has 0 saturated carbocycles. The minimum atomic E-state index is -0.901. The number of primary amides is 1. The fourth-order valence-corrected chi connectivity index (χ4v) is 2.67. The highest BCUT2D eigenvalue weighted by Crippen LogP contribution is 2.26. The Hall–Kier alpha value is -1.95. The van der Waals surface area contributed by atoms with E-state index >= 15 is 0 Å². The predicted octanol–water partition coefficient (Wildman–Crippen LogP) is 1.22. The molecule has 1 aliphatic heterocycles. The zero-order chi connectivity index (χ0) is 14.9. The zero-order valence-electron chi connectivity index (χ0n) is 11.2. The highest BCUT2D eigenvalue weighted by Gasteiger charge is 2.36. The van der Waals surface area contributed by atoms with E-state index in [9.17, 15) is 19.1 Å². The Morgan fingerprint density at radius 2 is 2.20 bits per heavy atom. The van der Waals surface area contributed by atoms with Crippen molar-refractivity contribution in [2.75, 3.05) is 6.54 Å². The van der Waals surface area contributed by atoms with Crippen LogP contribution in [0.3, 0.4) is 0 Å². The van der Waals surface area contributed by atoms with E-state index in [0.29, 0.717) is 12.1 Å². The van der Waals surface area contributed by atoms with E-state index < -0.39 is 23.7 Å². The van der Waals surface area contributed by atoms with Crippen LogP contribution in [0.15, 0.2) is 18.2 Å². The molecule has 1 saturated heterocycles. The third kappa shape index (κ3) is 2.80. The molecule has 2 unspecified atom stereocenters. The monoisotopic (exact) mass is 280 g/mol. The van der Waals surface area contributed by atoms with Gasteiger partial charge in [0.1, 0.15) is 11.9 Å². The quantitative estimate of drug-likeness (QED) is 0.868. The molecular weight excluding hydrogens is 263 g/mol. The van der Waals surface area contributed by atoms with Crippen LogP contribution >= 0.6 is 0 Å². The molecule has 1 amide bonds. The Balaban J connectivity index is 2.23. The zero-order valence-corrected chi connectivity index (χ0v) is 11.2. The number of aliphatic carboxylic acids is 1. The molecule has 2 rings (SSSR count). The Morgan fingerprint density at radius 1 is 1.50 bits per heavy atom. The number of benzene rings is 1. The second-order valence-corrected chi connectivity index (χ2v) is 5.19. The predicted molar refractivity (Wildman–Crippen MR) is 70.5 cm³/mol. The maximum absolute atomic E-state index is 13.8. The van der Waals surface area contributed by atoms with Crippen molar-refractivity contribution >= 4 is 11.9 Å². The SMILES string of the molecule is CC1CCN(Cc2cc(C(N)=O)ccc2F)C1C(=O)O. The van der Waals surface area contributed by atoms with Gasteiger partial charge >= 0.3 is 5.97 Å². The van der Waals surface area contributed by atoms with Gasteiger partial charge in [0.05, 0.1) is 0 Å². The summed E-state index contributed by atoms with van der Waals surface area (Å²) in [6.45, 7) is 2.63. The topological polar surface area (TPSA) is 83.6 Å². The maximum atomic E-state index is 13.8. The Bertz CT molecular complexity index is 547. The average molecular weight is 280 g/mol. The largest absolute Gasteiger partial charge is 0.480 e. The third-order valence-corrected chi connectivity index (χ3v) is 3.76. The molecule has 20 heavy (non-hydrogen) atoms. The normalized spacial score (nSPS) is 22.9. The number of halogens is 1. The van der Waals surface area contributed by atoms with Crippen LogP contribution in [-0.2, 0) is 11.3 Å². The standard InChI is InChI=1S/C14H17FN2O3/c1-8-4-5-17(12(8)14(19)20)7-10-6-9(13(16)18)2-3-11(10)15/h2-3,6,8,12H,4-5,7H2,1H3,(H2,16,18)(H,19,20). The third-order valence-electron chi connectivity index (χ3n) is 3.76. The lowest BCUT2D eigenvalue weighted by Crippen LogP contribution is -2.38. The molecule has 108 valence electrons. The number of nitrogens with two attached hydrogens (primary N) is 1. The first kappa shape index (κ1) is 14.5.